The molecule has 0 saturated carbocycles. The number of ether oxygens (including phenoxy) is 1. The van der Waals surface area contributed by atoms with Crippen LogP contribution in [0.2, 0.25) is 0 Å². The van der Waals surface area contributed by atoms with E-state index in [1.807, 2.05) is 32.2 Å². The van der Waals surface area contributed by atoms with E-state index in [1.54, 1.807) is 0 Å². The molecule has 0 amide bonds. The Kier molecular flexibility index (Phi) is 5.49. The van der Waals surface area contributed by atoms with Crippen molar-refractivity contribution in [1.82, 2.24) is 0 Å². The third kappa shape index (κ3) is 3.61. The quantitative estimate of drug-likeness (QED) is 0.595. The summed E-state index contributed by atoms with van der Waals surface area (Å²) in [7, 11) is 2.00. The second-order valence-corrected chi connectivity index (χ2v) is 4.30. The lowest BCUT2D eigenvalue weighted by Crippen LogP contribution is -2.22. The molecule has 0 N–H and O–H groups in total. The molecule has 0 spiro atoms. The molecule has 0 aliphatic rings. The van der Waals surface area contributed by atoms with E-state index in [-0.39, 0.29) is 0 Å². The topological polar surface area (TPSA) is 29.5 Å². The average molecular weight is 286 g/mol. The van der Waals surface area contributed by atoms with Gasteiger partial charge < -0.3 is 9.64 Å². The van der Waals surface area contributed by atoms with Crippen molar-refractivity contribution >= 4 is 27.9 Å². The van der Waals surface area contributed by atoms with Crippen molar-refractivity contribution in [2.75, 3.05) is 31.7 Å². The molecule has 0 unspecified atom stereocenters. The van der Waals surface area contributed by atoms with E-state index in [2.05, 4.69) is 20.8 Å². The zero-order chi connectivity index (χ0) is 12.0. The van der Waals surface area contributed by atoms with Gasteiger partial charge in [0, 0.05) is 35.9 Å². The number of halogens is 1. The summed E-state index contributed by atoms with van der Waals surface area (Å²) in [5.41, 5.74) is 1.74. The summed E-state index contributed by atoms with van der Waals surface area (Å²) in [6.45, 7) is 4.26. The minimum absolute atomic E-state index is 0.668. The number of carbonyl (C=O) groups excluding carboxylic acids is 1. The highest BCUT2D eigenvalue weighted by molar-refractivity contribution is 9.10. The van der Waals surface area contributed by atoms with Gasteiger partial charge in [0.1, 0.15) is 0 Å². The van der Waals surface area contributed by atoms with Gasteiger partial charge in [-0.2, -0.15) is 0 Å². The van der Waals surface area contributed by atoms with Crippen LogP contribution in [-0.2, 0) is 4.74 Å². The molecule has 0 heterocycles. The Hall–Kier alpha value is -0.870. The Morgan fingerprint density at radius 1 is 1.50 bits per heavy atom. The lowest BCUT2D eigenvalue weighted by Gasteiger charge is -2.19. The summed E-state index contributed by atoms with van der Waals surface area (Å²) in [6.07, 6.45) is 0.841. The normalized spacial score (nSPS) is 10.2. The van der Waals surface area contributed by atoms with Gasteiger partial charge in [0.15, 0.2) is 6.29 Å². The molecule has 0 fully saturated rings. The summed E-state index contributed by atoms with van der Waals surface area (Å²) in [5, 5.41) is 0. The Morgan fingerprint density at radius 2 is 2.25 bits per heavy atom. The average Bonchev–Trinajstić information content (AvgIpc) is 2.29. The molecular weight excluding hydrogens is 270 g/mol. The van der Waals surface area contributed by atoms with Crippen molar-refractivity contribution in [3.8, 4) is 0 Å². The molecule has 0 radical (unpaired) electrons. The minimum atomic E-state index is 0.668. The van der Waals surface area contributed by atoms with Gasteiger partial charge in [-0.05, 0) is 41.1 Å². The zero-order valence-electron chi connectivity index (χ0n) is 9.57. The Balaban J connectivity index is 2.65. The molecule has 1 aromatic carbocycles. The molecule has 1 rings (SSSR count). The van der Waals surface area contributed by atoms with E-state index in [4.69, 9.17) is 4.74 Å². The number of carbonyl (C=O) groups is 1. The Bertz CT molecular complexity index is 355. The molecule has 3 nitrogen and oxygen atoms in total. The summed E-state index contributed by atoms with van der Waals surface area (Å²) in [6, 6.07) is 5.68. The van der Waals surface area contributed by atoms with Crippen LogP contribution < -0.4 is 4.90 Å². The number of likely N-dealkylation sites (N-methyl/N-ethyl adjacent to an activating group) is 1. The SMILES string of the molecule is CCOCCN(C)c1ccc(C=O)c(Br)c1. The fourth-order valence-electron chi connectivity index (χ4n) is 1.32. The second-order valence-electron chi connectivity index (χ2n) is 3.44. The standard InChI is InChI=1S/C12H16BrNO2/c1-3-16-7-6-14(2)11-5-4-10(9-15)12(13)8-11/h4-5,8-9H,3,6-7H2,1-2H3. The molecular formula is C12H16BrNO2. The van der Waals surface area contributed by atoms with Crippen LogP contribution in [0, 0.1) is 0 Å². The van der Waals surface area contributed by atoms with Crippen molar-refractivity contribution in [3.63, 3.8) is 0 Å². The monoisotopic (exact) mass is 285 g/mol. The molecule has 0 atom stereocenters. The lowest BCUT2D eigenvalue weighted by molar-refractivity contribution is 0.112. The summed E-state index contributed by atoms with van der Waals surface area (Å²) in [5.74, 6) is 0. The maximum Gasteiger partial charge on any atom is 0.151 e. The first-order chi connectivity index (χ1) is 7.69. The highest BCUT2D eigenvalue weighted by atomic mass is 79.9. The molecule has 0 saturated heterocycles. The molecule has 0 aromatic heterocycles. The number of nitrogens with zero attached hydrogens (tertiary/aromatic N) is 1. The summed E-state index contributed by atoms with van der Waals surface area (Å²) < 4.78 is 6.11. The van der Waals surface area contributed by atoms with Gasteiger partial charge in [-0.1, -0.05) is 0 Å². The number of aldehydes is 1. The van der Waals surface area contributed by atoms with Gasteiger partial charge in [0.25, 0.3) is 0 Å². The Labute approximate surface area is 105 Å². The van der Waals surface area contributed by atoms with Crippen molar-refractivity contribution in [2.45, 2.75) is 6.92 Å². The highest BCUT2D eigenvalue weighted by Crippen LogP contribution is 2.22. The maximum absolute atomic E-state index is 10.7. The van der Waals surface area contributed by atoms with E-state index in [0.717, 1.165) is 29.6 Å². The highest BCUT2D eigenvalue weighted by Gasteiger charge is 2.04. The lowest BCUT2D eigenvalue weighted by atomic mass is 10.2. The minimum Gasteiger partial charge on any atom is -0.380 e. The number of benzene rings is 1. The fraction of sp³-hybridized carbons (Fsp3) is 0.417. The van der Waals surface area contributed by atoms with Crippen LogP contribution in [0.15, 0.2) is 22.7 Å². The van der Waals surface area contributed by atoms with Gasteiger partial charge in [0.05, 0.1) is 6.61 Å². The molecule has 4 heteroatoms. The van der Waals surface area contributed by atoms with Gasteiger partial charge >= 0.3 is 0 Å². The van der Waals surface area contributed by atoms with Crippen LogP contribution in [0.25, 0.3) is 0 Å². The number of anilines is 1. The second kappa shape index (κ2) is 6.66. The van der Waals surface area contributed by atoms with Gasteiger partial charge in [-0.25, -0.2) is 0 Å². The van der Waals surface area contributed by atoms with E-state index in [1.165, 1.54) is 0 Å². The summed E-state index contributed by atoms with van der Waals surface area (Å²) >= 11 is 3.37. The van der Waals surface area contributed by atoms with Crippen LogP contribution in [0.4, 0.5) is 5.69 Å². The van der Waals surface area contributed by atoms with E-state index in [9.17, 15) is 4.79 Å². The Morgan fingerprint density at radius 3 is 2.81 bits per heavy atom. The molecule has 0 aliphatic heterocycles. The first kappa shape index (κ1) is 13.2. The van der Waals surface area contributed by atoms with Crippen LogP contribution in [0.5, 0.6) is 0 Å². The first-order valence-corrected chi connectivity index (χ1v) is 6.02. The molecule has 16 heavy (non-hydrogen) atoms. The van der Waals surface area contributed by atoms with Crippen molar-refractivity contribution in [2.24, 2.45) is 0 Å². The number of hydrogen-bond acceptors (Lipinski definition) is 3. The first-order valence-electron chi connectivity index (χ1n) is 5.22. The van der Waals surface area contributed by atoms with Crippen LogP contribution in [0.1, 0.15) is 17.3 Å². The molecule has 0 aliphatic carbocycles. The molecule has 1 aromatic rings. The predicted octanol–water partition coefficient (Wildman–Crippen LogP) is 2.73. The third-order valence-electron chi connectivity index (χ3n) is 2.33. The smallest absolute Gasteiger partial charge is 0.151 e. The largest absolute Gasteiger partial charge is 0.380 e. The van der Waals surface area contributed by atoms with Crippen molar-refractivity contribution in [1.29, 1.82) is 0 Å². The predicted molar refractivity (Wildman–Crippen MR) is 69.3 cm³/mol. The van der Waals surface area contributed by atoms with Crippen LogP contribution >= 0.6 is 15.9 Å². The van der Waals surface area contributed by atoms with Crippen molar-refractivity contribution in [3.05, 3.63) is 28.2 Å². The van der Waals surface area contributed by atoms with Gasteiger partial charge in [-0.3, -0.25) is 4.79 Å². The molecule has 88 valence electrons. The van der Waals surface area contributed by atoms with Crippen molar-refractivity contribution < 1.29 is 9.53 Å². The van der Waals surface area contributed by atoms with E-state index >= 15 is 0 Å². The van der Waals surface area contributed by atoms with Crippen LogP contribution in [-0.4, -0.2) is 33.1 Å². The molecule has 0 bridgehead atoms. The third-order valence-corrected chi connectivity index (χ3v) is 3.01. The van der Waals surface area contributed by atoms with E-state index in [0.29, 0.717) is 12.2 Å². The fourth-order valence-corrected chi connectivity index (χ4v) is 1.78. The van der Waals surface area contributed by atoms with Gasteiger partial charge in [0.2, 0.25) is 0 Å². The zero-order valence-corrected chi connectivity index (χ0v) is 11.2. The number of hydrogen-bond donors (Lipinski definition) is 0. The van der Waals surface area contributed by atoms with E-state index < -0.39 is 0 Å². The van der Waals surface area contributed by atoms with Gasteiger partial charge in [-0.15, -0.1) is 0 Å². The van der Waals surface area contributed by atoms with Crippen LogP contribution in [0.3, 0.4) is 0 Å². The maximum atomic E-state index is 10.7. The summed E-state index contributed by atoms with van der Waals surface area (Å²) in [4.78, 5) is 12.7. The number of rotatable bonds is 6.